The highest BCUT2D eigenvalue weighted by molar-refractivity contribution is 7.09. The standard InChI is InChI=1S/C17H12N4S/c1-2-17(21-20-6-1)14-5-7-19-16-4-3-12(9-15(14)16)8-13-10-18-11-22-13/h1-7,9-11H,8H2. The molecule has 0 aliphatic rings. The molecule has 0 fully saturated rings. The molecule has 4 nitrogen and oxygen atoms in total. The van der Waals surface area contributed by atoms with Gasteiger partial charge in [-0.15, -0.1) is 11.3 Å². The second-order valence-electron chi connectivity index (χ2n) is 4.96. The Hall–Kier alpha value is -2.66. The van der Waals surface area contributed by atoms with Crippen molar-refractivity contribution >= 4 is 22.2 Å². The summed E-state index contributed by atoms with van der Waals surface area (Å²) in [6.45, 7) is 0. The second kappa shape index (κ2) is 5.61. The van der Waals surface area contributed by atoms with Gasteiger partial charge in [-0.25, -0.2) is 0 Å². The fraction of sp³-hybridized carbons (Fsp3) is 0.0588. The SMILES string of the molecule is c1cnnc(-c2ccnc3ccc(Cc4cncs4)cc23)c1. The number of pyridine rings is 1. The maximum absolute atomic E-state index is 4.45. The minimum atomic E-state index is 0.866. The molecule has 1 aromatic carbocycles. The van der Waals surface area contributed by atoms with Gasteiger partial charge in [-0.05, 0) is 35.9 Å². The van der Waals surface area contributed by atoms with Crippen molar-refractivity contribution in [2.45, 2.75) is 6.42 Å². The fourth-order valence-electron chi connectivity index (χ4n) is 2.50. The molecule has 3 heterocycles. The van der Waals surface area contributed by atoms with E-state index in [1.807, 2.05) is 36.1 Å². The number of hydrogen-bond donors (Lipinski definition) is 0. The number of aromatic nitrogens is 4. The van der Waals surface area contributed by atoms with E-state index in [1.54, 1.807) is 17.5 Å². The van der Waals surface area contributed by atoms with Crippen molar-refractivity contribution in [2.75, 3.05) is 0 Å². The summed E-state index contributed by atoms with van der Waals surface area (Å²) < 4.78 is 0. The van der Waals surface area contributed by atoms with Crippen LogP contribution in [0.3, 0.4) is 0 Å². The summed E-state index contributed by atoms with van der Waals surface area (Å²) in [4.78, 5) is 9.84. The van der Waals surface area contributed by atoms with Crippen LogP contribution in [0.15, 0.2) is 60.5 Å². The van der Waals surface area contributed by atoms with Gasteiger partial charge in [0.25, 0.3) is 0 Å². The van der Waals surface area contributed by atoms with Gasteiger partial charge in [0.2, 0.25) is 0 Å². The van der Waals surface area contributed by atoms with Gasteiger partial charge in [-0.1, -0.05) is 6.07 Å². The van der Waals surface area contributed by atoms with E-state index in [1.165, 1.54) is 10.4 Å². The third-order valence-electron chi connectivity index (χ3n) is 3.52. The van der Waals surface area contributed by atoms with E-state index < -0.39 is 0 Å². The third kappa shape index (κ3) is 2.46. The van der Waals surface area contributed by atoms with Gasteiger partial charge in [0.05, 0.1) is 16.7 Å². The molecule has 4 aromatic rings. The van der Waals surface area contributed by atoms with Crippen LogP contribution in [0.2, 0.25) is 0 Å². The van der Waals surface area contributed by atoms with Gasteiger partial charge in [-0.3, -0.25) is 9.97 Å². The Morgan fingerprint density at radius 1 is 1.05 bits per heavy atom. The molecule has 0 atom stereocenters. The lowest BCUT2D eigenvalue weighted by Crippen LogP contribution is -1.91. The van der Waals surface area contributed by atoms with Crippen LogP contribution in [0.1, 0.15) is 10.4 Å². The summed E-state index contributed by atoms with van der Waals surface area (Å²) in [5.41, 5.74) is 6.00. The predicted octanol–water partition coefficient (Wildman–Crippen LogP) is 3.74. The van der Waals surface area contributed by atoms with Crippen molar-refractivity contribution in [3.63, 3.8) is 0 Å². The third-order valence-corrected chi connectivity index (χ3v) is 4.30. The molecule has 0 N–H and O–H groups in total. The zero-order valence-electron chi connectivity index (χ0n) is 11.7. The van der Waals surface area contributed by atoms with Crippen molar-refractivity contribution < 1.29 is 0 Å². The number of benzene rings is 1. The smallest absolute Gasteiger partial charge is 0.0937 e. The molecule has 0 spiro atoms. The van der Waals surface area contributed by atoms with Crippen molar-refractivity contribution in [3.8, 4) is 11.3 Å². The molecular formula is C17H12N4S. The largest absolute Gasteiger partial charge is 0.256 e. The Bertz CT molecular complexity index is 905. The van der Waals surface area contributed by atoms with Crippen LogP contribution in [-0.4, -0.2) is 20.2 Å². The van der Waals surface area contributed by atoms with Gasteiger partial charge in [-0.2, -0.15) is 10.2 Å². The molecule has 3 aromatic heterocycles. The quantitative estimate of drug-likeness (QED) is 0.578. The summed E-state index contributed by atoms with van der Waals surface area (Å²) in [5.74, 6) is 0. The van der Waals surface area contributed by atoms with Crippen LogP contribution in [0, 0.1) is 0 Å². The van der Waals surface area contributed by atoms with Crippen LogP contribution < -0.4 is 0 Å². The molecule has 106 valence electrons. The monoisotopic (exact) mass is 304 g/mol. The molecule has 0 aliphatic carbocycles. The van der Waals surface area contributed by atoms with Gasteiger partial charge in [0.15, 0.2) is 0 Å². The molecule has 5 heteroatoms. The summed E-state index contributed by atoms with van der Waals surface area (Å²) >= 11 is 1.67. The maximum atomic E-state index is 4.45. The Morgan fingerprint density at radius 2 is 2.05 bits per heavy atom. The van der Waals surface area contributed by atoms with E-state index in [2.05, 4.69) is 38.4 Å². The summed E-state index contributed by atoms with van der Waals surface area (Å²) in [6.07, 6.45) is 6.30. The van der Waals surface area contributed by atoms with Gasteiger partial charge in [0, 0.05) is 40.8 Å². The van der Waals surface area contributed by atoms with Crippen LogP contribution in [0.4, 0.5) is 0 Å². The first-order valence-corrected chi connectivity index (χ1v) is 7.81. The van der Waals surface area contributed by atoms with E-state index in [-0.39, 0.29) is 0 Å². The second-order valence-corrected chi connectivity index (χ2v) is 5.93. The minimum Gasteiger partial charge on any atom is -0.256 e. The Morgan fingerprint density at radius 3 is 2.86 bits per heavy atom. The first-order chi connectivity index (χ1) is 10.9. The van der Waals surface area contributed by atoms with E-state index in [0.29, 0.717) is 0 Å². The highest BCUT2D eigenvalue weighted by Gasteiger charge is 2.07. The van der Waals surface area contributed by atoms with Crippen LogP contribution in [0.25, 0.3) is 22.2 Å². The topological polar surface area (TPSA) is 51.6 Å². The Kier molecular flexibility index (Phi) is 3.33. The summed E-state index contributed by atoms with van der Waals surface area (Å²) in [6, 6.07) is 12.2. The van der Waals surface area contributed by atoms with Crippen LogP contribution >= 0.6 is 11.3 Å². The maximum Gasteiger partial charge on any atom is 0.0937 e. The number of nitrogens with zero attached hydrogens (tertiary/aromatic N) is 4. The van der Waals surface area contributed by atoms with E-state index in [4.69, 9.17) is 0 Å². The van der Waals surface area contributed by atoms with Crippen LogP contribution in [-0.2, 0) is 6.42 Å². The first-order valence-electron chi connectivity index (χ1n) is 6.93. The predicted molar refractivity (Wildman–Crippen MR) is 87.7 cm³/mol. The van der Waals surface area contributed by atoms with Gasteiger partial charge < -0.3 is 0 Å². The van der Waals surface area contributed by atoms with Gasteiger partial charge >= 0.3 is 0 Å². The zero-order chi connectivity index (χ0) is 14.8. The number of fused-ring (bicyclic) bond motifs is 1. The Balaban J connectivity index is 1.84. The lowest BCUT2D eigenvalue weighted by Gasteiger charge is -2.07. The van der Waals surface area contributed by atoms with Crippen molar-refractivity contribution in [1.82, 2.24) is 20.2 Å². The molecule has 0 saturated carbocycles. The normalized spacial score (nSPS) is 10.9. The molecule has 4 rings (SSSR count). The number of rotatable bonds is 3. The van der Waals surface area contributed by atoms with Crippen molar-refractivity contribution in [1.29, 1.82) is 0 Å². The summed E-state index contributed by atoms with van der Waals surface area (Å²) in [5, 5.41) is 9.29. The minimum absolute atomic E-state index is 0.866. The highest BCUT2D eigenvalue weighted by Crippen LogP contribution is 2.27. The van der Waals surface area contributed by atoms with Gasteiger partial charge in [0.1, 0.15) is 0 Å². The van der Waals surface area contributed by atoms with Crippen molar-refractivity contribution in [2.24, 2.45) is 0 Å². The molecule has 0 unspecified atom stereocenters. The lowest BCUT2D eigenvalue weighted by atomic mass is 10.0. The molecule has 0 amide bonds. The van der Waals surface area contributed by atoms with Crippen LogP contribution in [0.5, 0.6) is 0 Å². The zero-order valence-corrected chi connectivity index (χ0v) is 12.5. The molecule has 0 aliphatic heterocycles. The number of thiazole rings is 1. The fourth-order valence-corrected chi connectivity index (χ4v) is 3.13. The van der Waals surface area contributed by atoms with Crippen molar-refractivity contribution in [3.05, 3.63) is 70.9 Å². The summed E-state index contributed by atoms with van der Waals surface area (Å²) in [7, 11) is 0. The molecule has 0 saturated heterocycles. The van der Waals surface area contributed by atoms with E-state index in [0.717, 1.165) is 28.6 Å². The molecule has 22 heavy (non-hydrogen) atoms. The molecular weight excluding hydrogens is 292 g/mol. The highest BCUT2D eigenvalue weighted by atomic mass is 32.1. The number of hydrogen-bond acceptors (Lipinski definition) is 5. The molecule has 0 bridgehead atoms. The van der Waals surface area contributed by atoms with E-state index >= 15 is 0 Å². The average molecular weight is 304 g/mol. The Labute approximate surface area is 131 Å². The average Bonchev–Trinajstić information content (AvgIpc) is 3.08. The van der Waals surface area contributed by atoms with E-state index in [9.17, 15) is 0 Å². The first kappa shape index (κ1) is 13.0. The lowest BCUT2D eigenvalue weighted by molar-refractivity contribution is 1.04. The molecule has 0 radical (unpaired) electrons.